The molecule has 0 aliphatic heterocycles. The average Bonchev–Trinajstić information content (AvgIpc) is 2.20. The Bertz CT molecular complexity index is 236. The molecule has 1 aliphatic rings. The molecule has 0 spiro atoms. The van der Waals surface area contributed by atoms with Gasteiger partial charge in [-0.05, 0) is 55.8 Å². The van der Waals surface area contributed by atoms with Gasteiger partial charge < -0.3 is 0 Å². The van der Waals surface area contributed by atoms with Crippen LogP contribution in [0.3, 0.4) is 0 Å². The highest BCUT2D eigenvalue weighted by atomic mass is 14.5. The first-order valence-corrected chi connectivity index (χ1v) is 7.04. The molecule has 0 saturated heterocycles. The average molecular weight is 222 g/mol. The number of rotatable bonds is 4. The van der Waals surface area contributed by atoms with Crippen molar-refractivity contribution in [2.24, 2.45) is 23.2 Å². The first kappa shape index (κ1) is 13.8. The van der Waals surface area contributed by atoms with Gasteiger partial charge in [-0.1, -0.05) is 39.7 Å². The zero-order valence-electron chi connectivity index (χ0n) is 12.0. The number of hydrogen-bond donors (Lipinski definition) is 0. The van der Waals surface area contributed by atoms with Crippen LogP contribution in [0, 0.1) is 23.2 Å². The second-order valence-electron chi connectivity index (χ2n) is 6.57. The van der Waals surface area contributed by atoms with Gasteiger partial charge in [-0.25, -0.2) is 0 Å². The highest BCUT2D eigenvalue weighted by molar-refractivity contribution is 4.95. The summed E-state index contributed by atoms with van der Waals surface area (Å²) in [5, 5.41) is 0. The first-order valence-electron chi connectivity index (χ1n) is 7.04. The Hall–Kier alpha value is -0.260. The van der Waals surface area contributed by atoms with Crippen molar-refractivity contribution < 1.29 is 0 Å². The van der Waals surface area contributed by atoms with Gasteiger partial charge in [0.1, 0.15) is 0 Å². The van der Waals surface area contributed by atoms with Gasteiger partial charge in [0.25, 0.3) is 0 Å². The summed E-state index contributed by atoms with van der Waals surface area (Å²) in [5.41, 5.74) is 1.87. The first-order chi connectivity index (χ1) is 7.39. The molecule has 0 radical (unpaired) electrons. The Morgan fingerprint density at radius 1 is 1.31 bits per heavy atom. The van der Waals surface area contributed by atoms with Crippen molar-refractivity contribution in [3.05, 3.63) is 12.2 Å². The Morgan fingerprint density at radius 2 is 1.94 bits per heavy atom. The van der Waals surface area contributed by atoms with Crippen molar-refractivity contribution >= 4 is 0 Å². The van der Waals surface area contributed by atoms with E-state index in [2.05, 4.69) is 41.2 Å². The van der Waals surface area contributed by atoms with E-state index in [4.69, 9.17) is 0 Å². The zero-order chi connectivity index (χ0) is 12.3. The summed E-state index contributed by atoms with van der Waals surface area (Å²) >= 11 is 0. The molecule has 0 heterocycles. The normalized spacial score (nSPS) is 33.7. The molecule has 1 rings (SSSR count). The molecule has 0 aromatic rings. The van der Waals surface area contributed by atoms with Crippen molar-refractivity contribution in [1.82, 2.24) is 0 Å². The maximum Gasteiger partial charge on any atom is -0.0297 e. The van der Waals surface area contributed by atoms with Crippen LogP contribution in [0.4, 0.5) is 0 Å². The third kappa shape index (κ3) is 2.90. The summed E-state index contributed by atoms with van der Waals surface area (Å²) in [6.45, 7) is 16.0. The van der Waals surface area contributed by atoms with E-state index in [1.165, 1.54) is 37.7 Å². The van der Waals surface area contributed by atoms with E-state index in [-0.39, 0.29) is 0 Å². The molecule has 94 valence electrons. The van der Waals surface area contributed by atoms with E-state index in [9.17, 15) is 0 Å². The molecule has 1 aliphatic carbocycles. The van der Waals surface area contributed by atoms with Crippen LogP contribution in [0.2, 0.25) is 0 Å². The highest BCUT2D eigenvalue weighted by Gasteiger charge is 2.41. The Kier molecular flexibility index (Phi) is 4.64. The van der Waals surface area contributed by atoms with Crippen molar-refractivity contribution in [3.8, 4) is 0 Å². The molecule has 0 amide bonds. The lowest BCUT2D eigenvalue weighted by molar-refractivity contribution is 0.0137. The van der Waals surface area contributed by atoms with Crippen LogP contribution >= 0.6 is 0 Å². The van der Waals surface area contributed by atoms with Gasteiger partial charge in [-0.15, -0.1) is 6.58 Å². The summed E-state index contributed by atoms with van der Waals surface area (Å²) in [7, 11) is 0. The largest absolute Gasteiger partial charge is 0.100 e. The van der Waals surface area contributed by atoms with Gasteiger partial charge in [-0.3, -0.25) is 0 Å². The summed E-state index contributed by atoms with van der Waals surface area (Å²) < 4.78 is 0. The zero-order valence-corrected chi connectivity index (χ0v) is 12.0. The number of allylic oxidation sites excluding steroid dienone is 1. The molecule has 1 unspecified atom stereocenters. The minimum atomic E-state index is 0.522. The maximum atomic E-state index is 4.06. The van der Waals surface area contributed by atoms with Crippen molar-refractivity contribution in [2.45, 2.75) is 66.7 Å². The van der Waals surface area contributed by atoms with Crippen LogP contribution in [0.5, 0.6) is 0 Å². The third-order valence-electron chi connectivity index (χ3n) is 5.17. The molecular weight excluding hydrogens is 192 g/mol. The summed E-state index contributed by atoms with van der Waals surface area (Å²) in [6.07, 6.45) is 6.80. The highest BCUT2D eigenvalue weighted by Crippen LogP contribution is 2.50. The van der Waals surface area contributed by atoms with Crippen LogP contribution in [0.1, 0.15) is 66.7 Å². The molecule has 3 atom stereocenters. The van der Waals surface area contributed by atoms with Crippen LogP contribution in [-0.2, 0) is 0 Å². The predicted molar refractivity (Wildman–Crippen MR) is 73.5 cm³/mol. The van der Waals surface area contributed by atoms with Gasteiger partial charge in [0.2, 0.25) is 0 Å². The number of hydrogen-bond acceptors (Lipinski definition) is 0. The molecule has 1 saturated carbocycles. The lowest BCUT2D eigenvalue weighted by Crippen LogP contribution is -2.40. The monoisotopic (exact) mass is 222 g/mol. The van der Waals surface area contributed by atoms with E-state index in [1.54, 1.807) is 0 Å². The van der Waals surface area contributed by atoms with Crippen molar-refractivity contribution in [3.63, 3.8) is 0 Å². The van der Waals surface area contributed by atoms with Gasteiger partial charge in [0.15, 0.2) is 0 Å². The molecular formula is C16H30. The topological polar surface area (TPSA) is 0 Å². The van der Waals surface area contributed by atoms with Crippen LogP contribution in [0.25, 0.3) is 0 Å². The molecule has 0 aromatic heterocycles. The summed E-state index contributed by atoms with van der Waals surface area (Å²) in [6, 6.07) is 0. The van der Waals surface area contributed by atoms with E-state index in [0.29, 0.717) is 5.41 Å². The molecule has 0 bridgehead atoms. The van der Waals surface area contributed by atoms with Crippen LogP contribution in [-0.4, -0.2) is 0 Å². The lowest BCUT2D eigenvalue weighted by Gasteiger charge is -2.48. The molecule has 0 nitrogen and oxygen atoms in total. The molecule has 16 heavy (non-hydrogen) atoms. The SMILES string of the molecule is C=C(C)CCC1[C@@H](CC)CC[C@@H](C)C1(C)C. The Labute approximate surface area is 103 Å². The molecule has 1 fully saturated rings. The second kappa shape index (κ2) is 5.38. The quantitative estimate of drug-likeness (QED) is 0.555. The van der Waals surface area contributed by atoms with Gasteiger partial charge >= 0.3 is 0 Å². The maximum absolute atomic E-state index is 4.06. The standard InChI is InChI=1S/C16H30/c1-7-14-10-9-13(4)16(5,6)15(14)11-8-12(2)3/h13-15H,2,7-11H2,1,3-6H3/t13-,14+,15?/m1/s1. The van der Waals surface area contributed by atoms with E-state index < -0.39 is 0 Å². The minimum absolute atomic E-state index is 0.522. The molecule has 0 heteroatoms. The third-order valence-corrected chi connectivity index (χ3v) is 5.17. The van der Waals surface area contributed by atoms with E-state index >= 15 is 0 Å². The smallest absolute Gasteiger partial charge is 0.0297 e. The fourth-order valence-electron chi connectivity index (χ4n) is 3.51. The summed E-state index contributed by atoms with van der Waals surface area (Å²) in [5.74, 6) is 2.73. The Balaban J connectivity index is 2.74. The molecule has 0 N–H and O–H groups in total. The Morgan fingerprint density at radius 3 is 2.44 bits per heavy atom. The summed E-state index contributed by atoms with van der Waals surface area (Å²) in [4.78, 5) is 0. The predicted octanol–water partition coefficient (Wildman–Crippen LogP) is 5.44. The van der Waals surface area contributed by atoms with Crippen molar-refractivity contribution in [2.75, 3.05) is 0 Å². The second-order valence-corrected chi connectivity index (χ2v) is 6.57. The van der Waals surface area contributed by atoms with Crippen LogP contribution in [0.15, 0.2) is 12.2 Å². The van der Waals surface area contributed by atoms with Gasteiger partial charge in [0, 0.05) is 0 Å². The van der Waals surface area contributed by atoms with Gasteiger partial charge in [-0.2, -0.15) is 0 Å². The lowest BCUT2D eigenvalue weighted by atomic mass is 9.57. The fraction of sp³-hybridized carbons (Fsp3) is 0.875. The van der Waals surface area contributed by atoms with E-state index in [1.807, 2.05) is 0 Å². The van der Waals surface area contributed by atoms with E-state index in [0.717, 1.165) is 17.8 Å². The molecule has 0 aromatic carbocycles. The van der Waals surface area contributed by atoms with Gasteiger partial charge in [0.05, 0.1) is 0 Å². The minimum Gasteiger partial charge on any atom is -0.100 e. The van der Waals surface area contributed by atoms with Crippen LogP contribution < -0.4 is 0 Å². The fourth-order valence-corrected chi connectivity index (χ4v) is 3.51. The van der Waals surface area contributed by atoms with Crippen molar-refractivity contribution in [1.29, 1.82) is 0 Å².